The Balaban J connectivity index is 3.60. The summed E-state index contributed by atoms with van der Waals surface area (Å²) in [6, 6.07) is -1.60. The first-order chi connectivity index (χ1) is 32.0. The van der Waals surface area contributed by atoms with Gasteiger partial charge in [-0.05, 0) is 62.0 Å². The molecule has 0 fully saturated rings. The molecule has 1 aromatic carbocycles. The Bertz CT molecular complexity index is 1850. The number of carboxylic acid groups (broad SMARTS) is 2. The van der Waals surface area contributed by atoms with Crippen LogP contribution in [-0.4, -0.2) is 130 Å². The normalized spacial score (nSPS) is 15.6. The molecular weight excluding hydrogens is 887 g/mol. The summed E-state index contributed by atoms with van der Waals surface area (Å²) >= 11 is 0. The second-order valence-corrected chi connectivity index (χ2v) is 17.7. The molecular formula is C46H75N9O13. The lowest BCUT2D eigenvalue weighted by atomic mass is 9.94. The van der Waals surface area contributed by atoms with E-state index in [4.69, 9.17) is 11.5 Å². The fourth-order valence-electron chi connectivity index (χ4n) is 6.84. The third-order valence-electron chi connectivity index (χ3n) is 11.4. The maximum Gasteiger partial charge on any atom is 0.326 e. The number of primary amides is 1. The molecule has 0 radical (unpaired) electrons. The SMILES string of the molecule is CCC(C)C(NC(=O)C(C)CO)C(=O)NC(C(=O)NC(CC(N)=O)C(=O)NC(Cc1ccccc1)C(=O)NC(CCC(=O)O)C(=O)NC(CCCCN)C(=O)NC(CC(C)C)C(=O)O)C(C)CC. The van der Waals surface area contributed by atoms with Gasteiger partial charge >= 0.3 is 11.9 Å². The number of aliphatic hydroxyl groups is 1. The molecule has 0 spiro atoms. The van der Waals surface area contributed by atoms with Gasteiger partial charge in [0.25, 0.3) is 0 Å². The molecule has 22 heteroatoms. The topological polar surface area (TPSA) is 368 Å². The largest absolute Gasteiger partial charge is 0.481 e. The van der Waals surface area contributed by atoms with Gasteiger partial charge in [-0.3, -0.25) is 43.2 Å². The lowest BCUT2D eigenvalue weighted by Crippen LogP contribution is -2.61. The molecule has 1 aromatic rings. The smallest absolute Gasteiger partial charge is 0.326 e. The van der Waals surface area contributed by atoms with E-state index in [1.54, 1.807) is 71.9 Å². The molecule has 22 nitrogen and oxygen atoms in total. The van der Waals surface area contributed by atoms with Crippen molar-refractivity contribution < 1.29 is 63.3 Å². The molecule has 10 unspecified atom stereocenters. The molecule has 0 saturated heterocycles. The first-order valence-electron chi connectivity index (χ1n) is 23.2. The fourth-order valence-corrected chi connectivity index (χ4v) is 6.84. The van der Waals surface area contributed by atoms with E-state index in [1.165, 1.54) is 6.92 Å². The van der Waals surface area contributed by atoms with Crippen molar-refractivity contribution in [3.8, 4) is 0 Å². The predicted octanol–water partition coefficient (Wildman–Crippen LogP) is -0.657. The van der Waals surface area contributed by atoms with E-state index in [-0.39, 0.29) is 31.7 Å². The van der Waals surface area contributed by atoms with Crippen LogP contribution < -0.4 is 48.7 Å². The predicted molar refractivity (Wildman–Crippen MR) is 249 cm³/mol. The van der Waals surface area contributed by atoms with Crippen LogP contribution in [0.25, 0.3) is 0 Å². The minimum absolute atomic E-state index is 0.0164. The maximum absolute atomic E-state index is 14.2. The number of benzene rings is 1. The Morgan fingerprint density at radius 2 is 1.03 bits per heavy atom. The fraction of sp³-hybridized carbons (Fsp3) is 0.652. The number of amides is 8. The second kappa shape index (κ2) is 31.0. The lowest BCUT2D eigenvalue weighted by Gasteiger charge is -2.30. The third kappa shape index (κ3) is 21.6. The molecule has 0 saturated carbocycles. The number of rotatable bonds is 33. The zero-order chi connectivity index (χ0) is 51.7. The number of carbonyl (C=O) groups is 10. The molecule has 14 N–H and O–H groups in total. The van der Waals surface area contributed by atoms with Crippen molar-refractivity contribution in [2.24, 2.45) is 35.1 Å². The molecule has 382 valence electrons. The number of nitrogens with two attached hydrogens (primary N) is 2. The molecule has 0 bridgehead atoms. The van der Waals surface area contributed by atoms with E-state index >= 15 is 0 Å². The molecule has 68 heavy (non-hydrogen) atoms. The number of hydrogen-bond acceptors (Lipinski definition) is 12. The van der Waals surface area contributed by atoms with E-state index in [2.05, 4.69) is 37.2 Å². The van der Waals surface area contributed by atoms with Crippen LogP contribution in [0.1, 0.15) is 112 Å². The number of carbonyl (C=O) groups excluding carboxylic acids is 8. The van der Waals surface area contributed by atoms with Crippen LogP contribution in [-0.2, 0) is 54.4 Å². The van der Waals surface area contributed by atoms with Gasteiger partial charge in [0.2, 0.25) is 47.3 Å². The highest BCUT2D eigenvalue weighted by atomic mass is 16.4. The summed E-state index contributed by atoms with van der Waals surface area (Å²) in [5.41, 5.74) is 11.7. The summed E-state index contributed by atoms with van der Waals surface area (Å²) < 4.78 is 0. The van der Waals surface area contributed by atoms with Crippen molar-refractivity contribution in [2.45, 2.75) is 155 Å². The molecule has 0 aliphatic heterocycles. The number of hydrogen-bond donors (Lipinski definition) is 12. The van der Waals surface area contributed by atoms with Gasteiger partial charge in [-0.15, -0.1) is 0 Å². The Morgan fingerprint density at radius 3 is 1.50 bits per heavy atom. The van der Waals surface area contributed by atoms with Gasteiger partial charge in [0, 0.05) is 12.8 Å². The minimum atomic E-state index is -1.71. The van der Waals surface area contributed by atoms with E-state index < -0.39 is 145 Å². The van der Waals surface area contributed by atoms with Crippen molar-refractivity contribution >= 4 is 59.2 Å². The molecule has 8 amide bonds. The molecule has 10 atom stereocenters. The Kier molecular flexibility index (Phi) is 27.3. The van der Waals surface area contributed by atoms with E-state index in [9.17, 15) is 63.3 Å². The summed E-state index contributed by atoms with van der Waals surface area (Å²) in [6.45, 7) is 11.7. The molecule has 0 aromatic heterocycles. The molecule has 0 aliphatic rings. The van der Waals surface area contributed by atoms with Crippen molar-refractivity contribution in [3.63, 3.8) is 0 Å². The molecule has 0 aliphatic carbocycles. The highest BCUT2D eigenvalue weighted by Gasteiger charge is 2.37. The quantitative estimate of drug-likeness (QED) is 0.0390. The number of nitrogens with one attached hydrogen (secondary N) is 7. The average Bonchev–Trinajstić information content (AvgIpc) is 3.28. The number of aliphatic hydroxyl groups excluding tert-OH is 1. The number of carboxylic acids is 2. The minimum Gasteiger partial charge on any atom is -0.481 e. The van der Waals surface area contributed by atoms with Gasteiger partial charge in [-0.1, -0.05) is 91.6 Å². The first-order valence-corrected chi connectivity index (χ1v) is 23.2. The van der Waals surface area contributed by atoms with Gasteiger partial charge < -0.3 is 64.0 Å². The lowest BCUT2D eigenvalue weighted by molar-refractivity contribution is -0.143. The van der Waals surface area contributed by atoms with Gasteiger partial charge in [0.15, 0.2) is 0 Å². The van der Waals surface area contributed by atoms with Crippen LogP contribution in [0.15, 0.2) is 30.3 Å². The van der Waals surface area contributed by atoms with Crippen molar-refractivity contribution in [2.75, 3.05) is 13.2 Å². The van der Waals surface area contributed by atoms with Crippen LogP contribution >= 0.6 is 0 Å². The van der Waals surface area contributed by atoms with E-state index in [0.29, 0.717) is 31.2 Å². The van der Waals surface area contributed by atoms with Crippen LogP contribution in [0.3, 0.4) is 0 Å². The van der Waals surface area contributed by atoms with E-state index in [0.717, 1.165) is 0 Å². The van der Waals surface area contributed by atoms with Gasteiger partial charge in [0.05, 0.1) is 18.9 Å². The highest BCUT2D eigenvalue weighted by Crippen LogP contribution is 2.15. The Morgan fingerprint density at radius 1 is 0.574 bits per heavy atom. The molecule has 0 heterocycles. The third-order valence-corrected chi connectivity index (χ3v) is 11.4. The summed E-state index contributed by atoms with van der Waals surface area (Å²) in [4.78, 5) is 132. The van der Waals surface area contributed by atoms with Crippen LogP contribution in [0.5, 0.6) is 0 Å². The maximum atomic E-state index is 14.2. The Hall–Kier alpha value is -6.16. The van der Waals surface area contributed by atoms with Crippen molar-refractivity contribution in [1.82, 2.24) is 37.2 Å². The van der Waals surface area contributed by atoms with Gasteiger partial charge in [0.1, 0.15) is 42.3 Å². The molecule has 1 rings (SSSR count). The number of unbranched alkanes of at least 4 members (excludes halogenated alkanes) is 1. The van der Waals surface area contributed by atoms with Crippen molar-refractivity contribution in [1.29, 1.82) is 0 Å². The van der Waals surface area contributed by atoms with Gasteiger partial charge in [-0.25, -0.2) is 4.79 Å². The summed E-state index contributed by atoms with van der Waals surface area (Å²) in [5, 5.41) is 46.5. The van der Waals surface area contributed by atoms with Crippen molar-refractivity contribution in [3.05, 3.63) is 35.9 Å². The average molecular weight is 962 g/mol. The van der Waals surface area contributed by atoms with Crippen LogP contribution in [0, 0.1) is 23.7 Å². The second-order valence-electron chi connectivity index (χ2n) is 17.7. The monoisotopic (exact) mass is 962 g/mol. The summed E-state index contributed by atoms with van der Waals surface area (Å²) in [7, 11) is 0. The zero-order valence-corrected chi connectivity index (χ0v) is 40.3. The van der Waals surface area contributed by atoms with Crippen LogP contribution in [0.4, 0.5) is 0 Å². The Labute approximate surface area is 398 Å². The van der Waals surface area contributed by atoms with Gasteiger partial charge in [-0.2, -0.15) is 0 Å². The zero-order valence-electron chi connectivity index (χ0n) is 40.3. The summed E-state index contributed by atoms with van der Waals surface area (Å²) in [5.74, 6) is -11.6. The number of aliphatic carboxylic acids is 2. The highest BCUT2D eigenvalue weighted by molar-refractivity contribution is 5.99. The van der Waals surface area contributed by atoms with Crippen LogP contribution in [0.2, 0.25) is 0 Å². The first kappa shape index (κ1) is 59.9. The van der Waals surface area contributed by atoms with E-state index in [1.807, 2.05) is 0 Å². The standard InChI is InChI=1S/C46H75N9O13/c1-8-26(5)37(55-45(66)38(27(6)9-2)54-39(60)28(7)24-56)44(65)52-33(23-35(48)57)43(64)51-32(22-29-15-11-10-12-16-29)42(63)50-31(18-19-36(58)59)41(62)49-30(17-13-14-20-47)40(61)53-34(46(67)68)21-25(3)4/h10-12,15-16,25-28,30-34,37-38,56H,8-9,13-14,17-24,47H2,1-7H3,(H2,48,57)(H,49,62)(H,50,63)(H,51,64)(H,52,65)(H,53,61)(H,54,60)(H,55,66)(H,58,59)(H,67,68). The summed E-state index contributed by atoms with van der Waals surface area (Å²) in [6.07, 6.45) is -0.399.